The second-order valence-electron chi connectivity index (χ2n) is 3.03. The molecule has 1 aromatic rings. The molecular weight excluding hydrogens is 210 g/mol. The van der Waals surface area contributed by atoms with Crippen LogP contribution in [0.2, 0.25) is 0 Å². The van der Waals surface area contributed by atoms with Gasteiger partial charge in [0.15, 0.2) is 5.82 Å². The number of hydrogen-bond acceptors (Lipinski definition) is 6. The van der Waals surface area contributed by atoms with Gasteiger partial charge in [0.25, 0.3) is 0 Å². The van der Waals surface area contributed by atoms with Gasteiger partial charge in [-0.3, -0.25) is 4.79 Å². The van der Waals surface area contributed by atoms with Gasteiger partial charge < -0.3 is 15.2 Å². The quantitative estimate of drug-likeness (QED) is 0.588. The highest BCUT2D eigenvalue weighted by molar-refractivity contribution is 5.77. The molecule has 0 spiro atoms. The van der Waals surface area contributed by atoms with E-state index in [-0.39, 0.29) is 12.5 Å². The average Bonchev–Trinajstić information content (AvgIpc) is 2.78. The monoisotopic (exact) mass is 223 g/mol. The van der Waals surface area contributed by atoms with Crippen molar-refractivity contribution in [2.24, 2.45) is 0 Å². The molecule has 0 atom stereocenters. The van der Waals surface area contributed by atoms with Gasteiger partial charge in [0, 0.05) is 19.5 Å². The summed E-state index contributed by atoms with van der Waals surface area (Å²) in [6, 6.07) is 1.95. The molecule has 0 saturated carbocycles. The second kappa shape index (κ2) is 7.36. The van der Waals surface area contributed by atoms with Gasteiger partial charge in [-0.2, -0.15) is 10.2 Å². The molecule has 0 aliphatic carbocycles. The molecule has 2 N–H and O–H groups in total. The molecule has 0 fully saturated rings. The highest BCUT2D eigenvalue weighted by atomic mass is 16.5. The Hall–Kier alpha value is -1.94. The molecule has 0 radical (unpaired) electrons. The third kappa shape index (κ3) is 5.07. The molecule has 1 heterocycles. The third-order valence-corrected chi connectivity index (χ3v) is 1.78. The number of carbonyl (C=O) groups is 1. The summed E-state index contributed by atoms with van der Waals surface area (Å²) in [5.41, 5.74) is 0. The van der Waals surface area contributed by atoms with E-state index in [2.05, 4.69) is 25.3 Å². The van der Waals surface area contributed by atoms with Crippen molar-refractivity contribution in [2.45, 2.75) is 12.8 Å². The van der Waals surface area contributed by atoms with Crippen LogP contribution >= 0.6 is 0 Å². The van der Waals surface area contributed by atoms with Crippen LogP contribution in [-0.2, 0) is 11.2 Å². The third-order valence-electron chi connectivity index (χ3n) is 1.78. The minimum atomic E-state index is -0.122. The van der Waals surface area contributed by atoms with Crippen LogP contribution in [0.1, 0.15) is 12.2 Å². The number of nitrogens with zero attached hydrogens (tertiary/aromatic N) is 3. The maximum absolute atomic E-state index is 11.1. The topological polar surface area (TPSA) is 104 Å². The zero-order valence-electron chi connectivity index (χ0n) is 8.77. The Morgan fingerprint density at radius 2 is 2.44 bits per heavy atom. The van der Waals surface area contributed by atoms with Crippen molar-refractivity contribution in [3.63, 3.8) is 0 Å². The molecular formula is C9H13N5O2. The van der Waals surface area contributed by atoms with Gasteiger partial charge in [0.1, 0.15) is 0 Å². The lowest BCUT2D eigenvalue weighted by Gasteiger charge is -2.03. The van der Waals surface area contributed by atoms with Crippen molar-refractivity contribution in [2.75, 3.05) is 19.6 Å². The van der Waals surface area contributed by atoms with Crippen LogP contribution < -0.4 is 10.6 Å². The summed E-state index contributed by atoms with van der Waals surface area (Å²) in [6.45, 7) is 1.22. The van der Waals surface area contributed by atoms with Gasteiger partial charge in [-0.25, -0.2) is 0 Å². The molecule has 0 saturated heterocycles. The van der Waals surface area contributed by atoms with E-state index < -0.39 is 0 Å². The molecule has 86 valence electrons. The van der Waals surface area contributed by atoms with Crippen molar-refractivity contribution in [1.82, 2.24) is 20.8 Å². The standard InChI is InChI=1S/C9H13N5O2/c10-3-1-4-12-9(15)6-11-5-2-8-13-7-16-14-8/h7,11H,1-2,4-6H2,(H,12,15). The van der Waals surface area contributed by atoms with Gasteiger partial charge in [0.2, 0.25) is 12.3 Å². The van der Waals surface area contributed by atoms with Crippen LogP contribution in [0.25, 0.3) is 0 Å². The van der Waals surface area contributed by atoms with Crippen molar-refractivity contribution in [3.05, 3.63) is 12.2 Å². The van der Waals surface area contributed by atoms with Crippen LogP contribution in [0.15, 0.2) is 10.9 Å². The summed E-state index contributed by atoms with van der Waals surface area (Å²) >= 11 is 0. The van der Waals surface area contributed by atoms with Gasteiger partial charge in [-0.15, -0.1) is 0 Å². The van der Waals surface area contributed by atoms with Gasteiger partial charge >= 0.3 is 0 Å². The lowest BCUT2D eigenvalue weighted by atomic mass is 10.4. The van der Waals surface area contributed by atoms with E-state index in [1.54, 1.807) is 0 Å². The Labute approximate surface area is 92.8 Å². The molecule has 1 aromatic heterocycles. The predicted octanol–water partition coefficient (Wildman–Crippen LogP) is -0.768. The van der Waals surface area contributed by atoms with Gasteiger partial charge in [-0.05, 0) is 0 Å². The van der Waals surface area contributed by atoms with E-state index in [0.717, 1.165) is 0 Å². The van der Waals surface area contributed by atoms with Crippen molar-refractivity contribution >= 4 is 5.91 Å². The molecule has 7 nitrogen and oxygen atoms in total. The summed E-state index contributed by atoms with van der Waals surface area (Å²) in [7, 11) is 0. The van der Waals surface area contributed by atoms with E-state index in [0.29, 0.717) is 31.8 Å². The Kier molecular flexibility index (Phi) is 5.58. The fourth-order valence-corrected chi connectivity index (χ4v) is 1.03. The first-order chi connectivity index (χ1) is 7.83. The maximum atomic E-state index is 11.1. The highest BCUT2D eigenvalue weighted by Gasteiger charge is 2.01. The molecule has 1 rings (SSSR count). The molecule has 7 heteroatoms. The van der Waals surface area contributed by atoms with E-state index in [1.165, 1.54) is 6.39 Å². The average molecular weight is 223 g/mol. The lowest BCUT2D eigenvalue weighted by Crippen LogP contribution is -2.35. The summed E-state index contributed by atoms with van der Waals surface area (Å²) in [6.07, 6.45) is 2.21. The molecule has 1 amide bonds. The number of carbonyl (C=O) groups excluding carboxylic acids is 1. The second-order valence-corrected chi connectivity index (χ2v) is 3.03. The van der Waals surface area contributed by atoms with Crippen molar-refractivity contribution in [1.29, 1.82) is 5.26 Å². The number of aromatic nitrogens is 2. The van der Waals surface area contributed by atoms with Crippen LogP contribution in [0, 0.1) is 11.3 Å². The number of amides is 1. The van der Waals surface area contributed by atoms with Gasteiger partial charge in [0.05, 0.1) is 19.0 Å². The van der Waals surface area contributed by atoms with Crippen LogP contribution in [0.5, 0.6) is 0 Å². The normalized spacial score (nSPS) is 9.69. The Balaban J connectivity index is 1.98. The fraction of sp³-hybridized carbons (Fsp3) is 0.556. The summed E-state index contributed by atoms with van der Waals surface area (Å²) < 4.78 is 4.56. The largest absolute Gasteiger partial charge is 0.354 e. The number of nitriles is 1. The van der Waals surface area contributed by atoms with Gasteiger partial charge in [-0.1, -0.05) is 5.16 Å². The van der Waals surface area contributed by atoms with E-state index >= 15 is 0 Å². The molecule has 0 aliphatic heterocycles. The highest BCUT2D eigenvalue weighted by Crippen LogP contribution is 1.87. The minimum Gasteiger partial charge on any atom is -0.354 e. The smallest absolute Gasteiger partial charge is 0.233 e. The number of rotatable bonds is 7. The minimum absolute atomic E-state index is 0.122. The van der Waals surface area contributed by atoms with E-state index in [4.69, 9.17) is 5.26 Å². The summed E-state index contributed by atoms with van der Waals surface area (Å²) in [4.78, 5) is 15.0. The molecule has 16 heavy (non-hydrogen) atoms. The summed E-state index contributed by atoms with van der Waals surface area (Å²) in [5.74, 6) is 0.487. The molecule has 0 bridgehead atoms. The van der Waals surface area contributed by atoms with Crippen molar-refractivity contribution in [3.8, 4) is 6.07 Å². The first kappa shape index (κ1) is 12.1. The molecule has 0 aliphatic rings. The SMILES string of the molecule is N#CCCNC(=O)CNCCc1ncon1. The predicted molar refractivity (Wildman–Crippen MR) is 54.1 cm³/mol. The van der Waals surface area contributed by atoms with E-state index in [9.17, 15) is 4.79 Å². The van der Waals surface area contributed by atoms with Crippen LogP contribution in [0.3, 0.4) is 0 Å². The Bertz CT molecular complexity index is 343. The Morgan fingerprint density at radius 3 is 3.12 bits per heavy atom. The lowest BCUT2D eigenvalue weighted by molar-refractivity contribution is -0.120. The van der Waals surface area contributed by atoms with Crippen LogP contribution in [0.4, 0.5) is 0 Å². The van der Waals surface area contributed by atoms with E-state index in [1.807, 2.05) is 6.07 Å². The first-order valence-electron chi connectivity index (χ1n) is 4.92. The first-order valence-corrected chi connectivity index (χ1v) is 4.92. The maximum Gasteiger partial charge on any atom is 0.233 e. The summed E-state index contributed by atoms with van der Waals surface area (Å²) in [5, 5.41) is 17.4. The molecule has 0 aromatic carbocycles. The Morgan fingerprint density at radius 1 is 1.56 bits per heavy atom. The number of nitrogens with one attached hydrogen (secondary N) is 2. The number of hydrogen-bond donors (Lipinski definition) is 2. The molecule has 0 unspecified atom stereocenters. The van der Waals surface area contributed by atoms with Crippen LogP contribution in [-0.4, -0.2) is 35.7 Å². The fourth-order valence-electron chi connectivity index (χ4n) is 1.03. The van der Waals surface area contributed by atoms with Crippen molar-refractivity contribution < 1.29 is 9.32 Å². The zero-order chi connectivity index (χ0) is 11.6. The zero-order valence-corrected chi connectivity index (χ0v) is 8.77.